The lowest BCUT2D eigenvalue weighted by atomic mass is 9.91. The van der Waals surface area contributed by atoms with Gasteiger partial charge in [-0.3, -0.25) is 0 Å². The molecule has 0 spiro atoms. The molecular formula is C60H39NO. The first-order chi connectivity index (χ1) is 30.7. The lowest BCUT2D eigenvalue weighted by molar-refractivity contribution is 0.670. The number of fused-ring (bicyclic) bond motifs is 7. The van der Waals surface area contributed by atoms with Gasteiger partial charge in [0.25, 0.3) is 0 Å². The first-order valence-corrected chi connectivity index (χ1v) is 21.2. The van der Waals surface area contributed by atoms with E-state index in [1.807, 2.05) is 0 Å². The van der Waals surface area contributed by atoms with E-state index >= 15 is 0 Å². The van der Waals surface area contributed by atoms with Crippen LogP contribution in [0.25, 0.3) is 98.8 Å². The van der Waals surface area contributed by atoms with E-state index < -0.39 is 0 Å². The second-order valence-corrected chi connectivity index (χ2v) is 16.0. The summed E-state index contributed by atoms with van der Waals surface area (Å²) in [5.41, 5.74) is 14.2. The Morgan fingerprint density at radius 3 is 1.47 bits per heavy atom. The van der Waals surface area contributed by atoms with Crippen LogP contribution in [0.1, 0.15) is 0 Å². The molecule has 290 valence electrons. The molecule has 0 unspecified atom stereocenters. The summed E-state index contributed by atoms with van der Waals surface area (Å²) >= 11 is 0. The summed E-state index contributed by atoms with van der Waals surface area (Å²) in [5.74, 6) is 0. The Morgan fingerprint density at radius 1 is 0.274 bits per heavy atom. The molecule has 2 heteroatoms. The van der Waals surface area contributed by atoms with E-state index in [0.717, 1.165) is 55.7 Å². The highest BCUT2D eigenvalue weighted by Gasteiger charge is 2.23. The zero-order valence-corrected chi connectivity index (χ0v) is 33.9. The lowest BCUT2D eigenvalue weighted by Gasteiger charge is -2.26. The number of furan rings is 1. The zero-order chi connectivity index (χ0) is 41.0. The Kier molecular flexibility index (Phi) is 8.53. The van der Waals surface area contributed by atoms with Gasteiger partial charge in [0, 0.05) is 27.7 Å². The topological polar surface area (TPSA) is 16.4 Å². The lowest BCUT2D eigenvalue weighted by Crippen LogP contribution is -2.10. The van der Waals surface area contributed by atoms with Crippen molar-refractivity contribution in [3.8, 4) is 44.5 Å². The number of hydrogen-bond donors (Lipinski definition) is 0. The maximum atomic E-state index is 7.17. The van der Waals surface area contributed by atoms with Gasteiger partial charge in [0.2, 0.25) is 0 Å². The second kappa shape index (κ2) is 14.8. The number of nitrogens with zero attached hydrogens (tertiary/aromatic N) is 1. The van der Waals surface area contributed by atoms with Crippen molar-refractivity contribution in [2.75, 3.05) is 4.90 Å². The SMILES string of the molecule is c1ccc(-c2ccc(N(c3ccc(-c4ccc(-c5ccc6ccccc6c5)c5ccccc45)cc3)c3cccc4c3oc3c(-c5ccccc5)cc5ccccc5c34)cc2)cc1. The molecule has 1 aromatic heterocycles. The van der Waals surface area contributed by atoms with Crippen LogP contribution in [0.5, 0.6) is 0 Å². The number of para-hydroxylation sites is 1. The third-order valence-electron chi connectivity index (χ3n) is 12.4. The van der Waals surface area contributed by atoms with Crippen LogP contribution in [0.2, 0.25) is 0 Å². The number of anilines is 3. The van der Waals surface area contributed by atoms with Gasteiger partial charge in [-0.2, -0.15) is 0 Å². The Balaban J connectivity index is 1.02. The molecular weight excluding hydrogens is 751 g/mol. The average Bonchev–Trinajstić information content (AvgIpc) is 3.75. The van der Waals surface area contributed by atoms with Crippen LogP contribution >= 0.6 is 0 Å². The molecule has 0 N–H and O–H groups in total. The predicted octanol–water partition coefficient (Wildman–Crippen LogP) is 17.2. The van der Waals surface area contributed by atoms with Gasteiger partial charge in [-0.15, -0.1) is 0 Å². The van der Waals surface area contributed by atoms with E-state index in [1.165, 1.54) is 60.1 Å². The predicted molar refractivity (Wildman–Crippen MR) is 263 cm³/mol. The third-order valence-corrected chi connectivity index (χ3v) is 12.4. The smallest absolute Gasteiger partial charge is 0.159 e. The summed E-state index contributed by atoms with van der Waals surface area (Å²) in [6, 6.07) is 85.2. The molecule has 0 amide bonds. The molecule has 0 aliphatic rings. The maximum absolute atomic E-state index is 7.17. The Morgan fingerprint density at radius 2 is 0.774 bits per heavy atom. The van der Waals surface area contributed by atoms with Crippen molar-refractivity contribution in [1.29, 1.82) is 0 Å². The van der Waals surface area contributed by atoms with Gasteiger partial charge >= 0.3 is 0 Å². The van der Waals surface area contributed by atoms with E-state index in [4.69, 9.17) is 4.42 Å². The quantitative estimate of drug-likeness (QED) is 0.160. The minimum atomic E-state index is 0.850. The van der Waals surface area contributed by atoms with Crippen LogP contribution in [0, 0.1) is 0 Å². The summed E-state index contributed by atoms with van der Waals surface area (Å²) < 4.78 is 7.17. The molecule has 0 saturated carbocycles. The van der Waals surface area contributed by atoms with Gasteiger partial charge in [-0.1, -0.05) is 194 Å². The fourth-order valence-electron chi connectivity index (χ4n) is 9.45. The normalized spacial score (nSPS) is 11.5. The number of benzene rings is 11. The van der Waals surface area contributed by atoms with Crippen molar-refractivity contribution in [2.45, 2.75) is 0 Å². The van der Waals surface area contributed by atoms with Crippen LogP contribution in [0.4, 0.5) is 17.1 Å². The molecule has 12 rings (SSSR count). The molecule has 0 atom stereocenters. The first-order valence-electron chi connectivity index (χ1n) is 21.2. The van der Waals surface area contributed by atoms with Crippen molar-refractivity contribution >= 4 is 71.3 Å². The fourth-order valence-corrected chi connectivity index (χ4v) is 9.45. The van der Waals surface area contributed by atoms with E-state index in [-0.39, 0.29) is 0 Å². The first kappa shape index (κ1) is 35.7. The number of hydrogen-bond acceptors (Lipinski definition) is 2. The molecule has 0 bridgehead atoms. The molecule has 0 fully saturated rings. The highest BCUT2D eigenvalue weighted by molar-refractivity contribution is 6.24. The van der Waals surface area contributed by atoms with E-state index in [2.05, 4.69) is 241 Å². The molecule has 1 heterocycles. The fraction of sp³-hybridized carbons (Fsp3) is 0. The van der Waals surface area contributed by atoms with Crippen LogP contribution < -0.4 is 4.90 Å². The zero-order valence-electron chi connectivity index (χ0n) is 33.9. The van der Waals surface area contributed by atoms with Gasteiger partial charge in [0.05, 0.1) is 5.69 Å². The molecule has 0 aliphatic heterocycles. The van der Waals surface area contributed by atoms with Gasteiger partial charge in [-0.25, -0.2) is 0 Å². The van der Waals surface area contributed by atoms with Crippen LogP contribution in [-0.2, 0) is 0 Å². The van der Waals surface area contributed by atoms with Gasteiger partial charge in [-0.05, 0) is 114 Å². The van der Waals surface area contributed by atoms with Crippen LogP contribution in [0.15, 0.2) is 241 Å². The summed E-state index contributed by atoms with van der Waals surface area (Å²) in [5, 5.41) is 9.56. The van der Waals surface area contributed by atoms with Crippen molar-refractivity contribution in [3.05, 3.63) is 237 Å². The van der Waals surface area contributed by atoms with Crippen molar-refractivity contribution in [1.82, 2.24) is 0 Å². The minimum absolute atomic E-state index is 0.850. The van der Waals surface area contributed by atoms with Gasteiger partial charge in [0.15, 0.2) is 5.58 Å². The molecule has 12 aromatic rings. The monoisotopic (exact) mass is 789 g/mol. The maximum Gasteiger partial charge on any atom is 0.159 e. The van der Waals surface area contributed by atoms with Gasteiger partial charge in [0.1, 0.15) is 5.58 Å². The third kappa shape index (κ3) is 6.04. The average molecular weight is 790 g/mol. The van der Waals surface area contributed by atoms with Crippen LogP contribution in [0.3, 0.4) is 0 Å². The second-order valence-electron chi connectivity index (χ2n) is 16.0. The van der Waals surface area contributed by atoms with E-state index in [9.17, 15) is 0 Å². The van der Waals surface area contributed by atoms with Gasteiger partial charge < -0.3 is 9.32 Å². The van der Waals surface area contributed by atoms with E-state index in [1.54, 1.807) is 0 Å². The van der Waals surface area contributed by atoms with E-state index in [0.29, 0.717) is 0 Å². The Labute approximate surface area is 360 Å². The molecule has 0 aliphatic carbocycles. The van der Waals surface area contributed by atoms with Crippen molar-refractivity contribution in [2.24, 2.45) is 0 Å². The number of rotatable bonds is 7. The molecule has 62 heavy (non-hydrogen) atoms. The summed E-state index contributed by atoms with van der Waals surface area (Å²) in [6.45, 7) is 0. The molecule has 0 radical (unpaired) electrons. The summed E-state index contributed by atoms with van der Waals surface area (Å²) in [4.78, 5) is 2.34. The largest absolute Gasteiger partial charge is 0.453 e. The Hall–Kier alpha value is -8.20. The molecule has 11 aromatic carbocycles. The Bertz CT molecular complexity index is 3610. The summed E-state index contributed by atoms with van der Waals surface area (Å²) in [7, 11) is 0. The van der Waals surface area contributed by atoms with Crippen molar-refractivity contribution < 1.29 is 4.42 Å². The summed E-state index contributed by atoms with van der Waals surface area (Å²) in [6.07, 6.45) is 0. The van der Waals surface area contributed by atoms with Crippen molar-refractivity contribution in [3.63, 3.8) is 0 Å². The minimum Gasteiger partial charge on any atom is -0.453 e. The standard InChI is InChI=1S/C60H39NO/c1-3-14-40(15-4-1)42-28-32-48(33-29-42)61(57-25-13-24-55-58-52-21-10-9-20-46(52)39-56(60(58)62-59(55)57)43-17-5-2-6-18-43)49-34-30-44(31-35-49)50-36-37-51(54-23-12-11-22-53(50)54)47-27-26-41-16-7-8-19-45(41)38-47/h1-39H. The molecule has 2 nitrogen and oxygen atoms in total. The highest BCUT2D eigenvalue weighted by atomic mass is 16.3. The van der Waals surface area contributed by atoms with Crippen LogP contribution in [-0.4, -0.2) is 0 Å². The highest BCUT2D eigenvalue weighted by Crippen LogP contribution is 2.47. The molecule has 0 saturated heterocycles.